The maximum Gasteiger partial charge on any atom is 0.417 e. The summed E-state index contributed by atoms with van der Waals surface area (Å²) < 4.78 is 40.6. The second-order valence-electron chi connectivity index (χ2n) is 5.65. The average Bonchev–Trinajstić information content (AvgIpc) is 2.93. The van der Waals surface area contributed by atoms with Crippen molar-refractivity contribution >= 4 is 11.4 Å². The van der Waals surface area contributed by atoms with Crippen LogP contribution >= 0.6 is 0 Å². The summed E-state index contributed by atoms with van der Waals surface area (Å²) in [4.78, 5) is 17.0. The van der Waals surface area contributed by atoms with E-state index in [0.29, 0.717) is 37.0 Å². The third-order valence-electron chi connectivity index (χ3n) is 4.26. The van der Waals surface area contributed by atoms with Crippen LogP contribution < -0.4 is 0 Å². The summed E-state index contributed by atoms with van der Waals surface area (Å²) in [5, 5.41) is 0. The van der Waals surface area contributed by atoms with Crippen molar-refractivity contribution in [2.75, 3.05) is 13.1 Å². The number of rotatable bonds is 1. The van der Waals surface area contributed by atoms with E-state index in [1.165, 1.54) is 23.7 Å². The number of pyridine rings is 1. The van der Waals surface area contributed by atoms with Crippen LogP contribution in [0.3, 0.4) is 0 Å². The number of piperidine rings is 1. The van der Waals surface area contributed by atoms with Gasteiger partial charge in [-0.15, -0.1) is 0 Å². The molecule has 1 amide bonds. The zero-order valence-electron chi connectivity index (χ0n) is 12.1. The number of hydrogen-bond acceptors (Lipinski definition) is 2. The summed E-state index contributed by atoms with van der Waals surface area (Å²) in [6.45, 7) is 2.67. The molecule has 0 bridgehead atoms. The molecule has 1 aliphatic rings. The molecule has 2 aromatic heterocycles. The van der Waals surface area contributed by atoms with Gasteiger partial charge in [-0.3, -0.25) is 4.79 Å². The van der Waals surface area contributed by atoms with Crippen LogP contribution in [0.1, 0.15) is 36.8 Å². The second-order valence-corrected chi connectivity index (χ2v) is 5.65. The number of carbonyl (C=O) groups is 1. The fraction of sp³-hybridized carbons (Fsp3) is 0.467. The molecule has 0 radical (unpaired) electrons. The minimum absolute atomic E-state index is 0.0111. The van der Waals surface area contributed by atoms with Crippen LogP contribution in [-0.2, 0) is 11.0 Å². The summed E-state index contributed by atoms with van der Waals surface area (Å²) in [7, 11) is 0. The maximum atomic E-state index is 13.1. The smallest absolute Gasteiger partial charge is 0.343 e. The standard InChI is InChI=1S/C15H16F3N3O/c1-10(22)20-4-2-11(3-5-20)13-6-12(15(16,17)18)8-21-9-19-7-14(13)21/h6-9,11H,2-5H2,1H3. The third-order valence-corrected chi connectivity index (χ3v) is 4.26. The van der Waals surface area contributed by atoms with Gasteiger partial charge in [0.1, 0.15) is 0 Å². The molecule has 7 heteroatoms. The molecule has 3 rings (SSSR count). The highest BCUT2D eigenvalue weighted by Crippen LogP contribution is 2.36. The van der Waals surface area contributed by atoms with Gasteiger partial charge < -0.3 is 9.30 Å². The molecule has 1 fully saturated rings. The highest BCUT2D eigenvalue weighted by atomic mass is 19.4. The van der Waals surface area contributed by atoms with Gasteiger partial charge in [0.05, 0.1) is 23.6 Å². The lowest BCUT2D eigenvalue weighted by Crippen LogP contribution is -2.36. The van der Waals surface area contributed by atoms with E-state index < -0.39 is 11.7 Å². The molecular formula is C15H16F3N3O. The summed E-state index contributed by atoms with van der Waals surface area (Å²) in [6, 6.07) is 1.23. The van der Waals surface area contributed by atoms with Gasteiger partial charge in [0, 0.05) is 26.2 Å². The highest BCUT2D eigenvalue weighted by molar-refractivity contribution is 5.73. The van der Waals surface area contributed by atoms with E-state index in [1.807, 2.05) is 0 Å². The summed E-state index contributed by atoms with van der Waals surface area (Å²) in [5.74, 6) is 0.0223. The van der Waals surface area contributed by atoms with E-state index in [-0.39, 0.29) is 11.8 Å². The van der Waals surface area contributed by atoms with Crippen molar-refractivity contribution < 1.29 is 18.0 Å². The first kappa shape index (κ1) is 14.9. The van der Waals surface area contributed by atoms with Crippen LogP contribution in [-0.4, -0.2) is 33.3 Å². The first-order valence-corrected chi connectivity index (χ1v) is 7.14. The second kappa shape index (κ2) is 5.30. The van der Waals surface area contributed by atoms with E-state index in [1.54, 1.807) is 11.1 Å². The first-order chi connectivity index (χ1) is 10.4. The lowest BCUT2D eigenvalue weighted by Gasteiger charge is -2.32. The Labute approximate surface area is 125 Å². The van der Waals surface area contributed by atoms with Crippen molar-refractivity contribution in [1.82, 2.24) is 14.3 Å². The minimum Gasteiger partial charge on any atom is -0.343 e. The molecule has 0 spiro atoms. The Bertz CT molecular complexity index is 700. The minimum atomic E-state index is -4.38. The van der Waals surface area contributed by atoms with Crippen LogP contribution in [0.2, 0.25) is 0 Å². The van der Waals surface area contributed by atoms with E-state index in [2.05, 4.69) is 4.98 Å². The van der Waals surface area contributed by atoms with Gasteiger partial charge in [-0.1, -0.05) is 0 Å². The molecule has 1 aliphatic heterocycles. The molecule has 2 aromatic rings. The van der Waals surface area contributed by atoms with Gasteiger partial charge in [-0.25, -0.2) is 4.98 Å². The number of likely N-dealkylation sites (tertiary alicyclic amines) is 1. The predicted molar refractivity (Wildman–Crippen MR) is 74.4 cm³/mol. The molecule has 0 saturated carbocycles. The summed E-state index contributed by atoms with van der Waals surface area (Å²) >= 11 is 0. The largest absolute Gasteiger partial charge is 0.417 e. The number of hydrogen-bond donors (Lipinski definition) is 0. The van der Waals surface area contributed by atoms with E-state index in [4.69, 9.17) is 0 Å². The fourth-order valence-electron chi connectivity index (χ4n) is 3.05. The topological polar surface area (TPSA) is 37.6 Å². The molecule has 0 unspecified atom stereocenters. The molecular weight excluding hydrogens is 295 g/mol. The number of amides is 1. The van der Waals surface area contributed by atoms with Gasteiger partial charge in [0.25, 0.3) is 0 Å². The number of carbonyl (C=O) groups excluding carboxylic acids is 1. The monoisotopic (exact) mass is 311 g/mol. The van der Waals surface area contributed by atoms with Gasteiger partial charge >= 0.3 is 6.18 Å². The number of nitrogens with zero attached hydrogens (tertiary/aromatic N) is 3. The SMILES string of the molecule is CC(=O)N1CCC(c2cc(C(F)(F)F)cn3cncc23)CC1. The molecule has 0 N–H and O–H groups in total. The van der Waals surface area contributed by atoms with Gasteiger partial charge in [-0.05, 0) is 30.4 Å². The first-order valence-electron chi connectivity index (χ1n) is 7.14. The van der Waals surface area contributed by atoms with Gasteiger partial charge in [0.15, 0.2) is 0 Å². The van der Waals surface area contributed by atoms with Crippen molar-refractivity contribution in [3.8, 4) is 0 Å². The van der Waals surface area contributed by atoms with Crippen LogP contribution in [0.15, 0.2) is 24.8 Å². The normalized spacial score (nSPS) is 17.2. The van der Waals surface area contributed by atoms with Crippen molar-refractivity contribution in [3.05, 3.63) is 35.9 Å². The van der Waals surface area contributed by atoms with Crippen molar-refractivity contribution in [2.24, 2.45) is 0 Å². The summed E-state index contributed by atoms with van der Waals surface area (Å²) in [5.41, 5.74) is 0.701. The molecule has 4 nitrogen and oxygen atoms in total. The van der Waals surface area contributed by atoms with Gasteiger partial charge in [0.2, 0.25) is 5.91 Å². The number of halogens is 3. The lowest BCUT2D eigenvalue weighted by molar-refractivity contribution is -0.138. The fourth-order valence-corrected chi connectivity index (χ4v) is 3.05. The highest BCUT2D eigenvalue weighted by Gasteiger charge is 2.33. The predicted octanol–water partition coefficient (Wildman–Crippen LogP) is 3.08. The zero-order chi connectivity index (χ0) is 15.9. The lowest BCUT2D eigenvalue weighted by atomic mass is 9.88. The molecule has 1 saturated heterocycles. The maximum absolute atomic E-state index is 13.1. The van der Waals surface area contributed by atoms with E-state index in [9.17, 15) is 18.0 Å². The molecule has 0 aromatic carbocycles. The Hall–Kier alpha value is -2.05. The van der Waals surface area contributed by atoms with Gasteiger partial charge in [-0.2, -0.15) is 13.2 Å². The molecule has 22 heavy (non-hydrogen) atoms. The van der Waals surface area contributed by atoms with E-state index >= 15 is 0 Å². The molecule has 0 atom stereocenters. The number of fused-ring (bicyclic) bond motifs is 1. The quantitative estimate of drug-likeness (QED) is 0.811. The Morgan fingerprint density at radius 3 is 2.59 bits per heavy atom. The number of alkyl halides is 3. The van der Waals surface area contributed by atoms with Crippen molar-refractivity contribution in [2.45, 2.75) is 31.9 Å². The molecule has 118 valence electrons. The van der Waals surface area contributed by atoms with Crippen LogP contribution in [0.5, 0.6) is 0 Å². The third kappa shape index (κ3) is 2.67. The molecule has 0 aliphatic carbocycles. The van der Waals surface area contributed by atoms with Crippen molar-refractivity contribution in [1.29, 1.82) is 0 Å². The van der Waals surface area contributed by atoms with Crippen LogP contribution in [0.25, 0.3) is 5.52 Å². The summed E-state index contributed by atoms with van der Waals surface area (Å²) in [6.07, 6.45) is 0.999. The zero-order valence-corrected chi connectivity index (χ0v) is 12.1. The van der Waals surface area contributed by atoms with Crippen molar-refractivity contribution in [3.63, 3.8) is 0 Å². The Morgan fingerprint density at radius 1 is 1.32 bits per heavy atom. The van der Waals surface area contributed by atoms with E-state index in [0.717, 1.165) is 6.20 Å². The van der Waals surface area contributed by atoms with Crippen LogP contribution in [0.4, 0.5) is 13.2 Å². The average molecular weight is 311 g/mol. The number of imidazole rings is 1. The number of aromatic nitrogens is 2. The molecule has 3 heterocycles. The Morgan fingerprint density at radius 2 is 2.00 bits per heavy atom. The van der Waals surface area contributed by atoms with Crippen LogP contribution in [0, 0.1) is 0 Å². The Balaban J connectivity index is 1.96. The Kier molecular flexibility index (Phi) is 3.58.